The molecule has 0 aliphatic heterocycles. The van der Waals surface area contributed by atoms with Crippen molar-refractivity contribution in [3.8, 4) is 0 Å². The van der Waals surface area contributed by atoms with Gasteiger partial charge in [-0.2, -0.15) is 0 Å². The van der Waals surface area contributed by atoms with Crippen LogP contribution in [0.15, 0.2) is 39.9 Å². The number of nitrogens with zero attached hydrogens (tertiary/aromatic N) is 5. The van der Waals surface area contributed by atoms with Gasteiger partial charge in [-0.3, -0.25) is 18.8 Å². The Morgan fingerprint density at radius 2 is 1.60 bits per heavy atom. The van der Waals surface area contributed by atoms with Gasteiger partial charge in [-0.1, -0.05) is 30.3 Å². The second-order valence-corrected chi connectivity index (χ2v) is 8.24. The Kier molecular flexibility index (Phi) is 6.28. The molecule has 0 spiro atoms. The molecule has 8 nitrogen and oxygen atoms in total. The van der Waals surface area contributed by atoms with Gasteiger partial charge in [-0.15, -0.1) is 0 Å². The van der Waals surface area contributed by atoms with Gasteiger partial charge in [0, 0.05) is 39.3 Å². The normalized spacial score (nSPS) is 13.1. The van der Waals surface area contributed by atoms with Gasteiger partial charge in [0.1, 0.15) is 11.9 Å². The maximum absolute atomic E-state index is 13.0. The molecule has 2 heterocycles. The Morgan fingerprint density at radius 3 is 2.17 bits per heavy atom. The van der Waals surface area contributed by atoms with Crippen LogP contribution >= 0.6 is 0 Å². The number of rotatable bonds is 7. The predicted octanol–water partition coefficient (Wildman–Crippen LogP) is 1.63. The second-order valence-electron chi connectivity index (χ2n) is 8.24. The Balaban J connectivity index is 2.21. The summed E-state index contributed by atoms with van der Waals surface area (Å²) in [6, 6.07) is 9.87. The summed E-state index contributed by atoms with van der Waals surface area (Å²) in [5.74, 6) is 0.363. The third-order valence-corrected chi connectivity index (χ3v) is 5.65. The molecule has 1 unspecified atom stereocenters. The summed E-state index contributed by atoms with van der Waals surface area (Å²) in [7, 11) is 3.05. The Bertz CT molecular complexity index is 1130. The van der Waals surface area contributed by atoms with Crippen molar-refractivity contribution >= 4 is 11.2 Å². The van der Waals surface area contributed by atoms with Crippen LogP contribution in [0.5, 0.6) is 0 Å². The van der Waals surface area contributed by atoms with Crippen molar-refractivity contribution in [2.24, 2.45) is 14.1 Å². The zero-order valence-corrected chi connectivity index (χ0v) is 18.5. The Morgan fingerprint density at radius 1 is 1.00 bits per heavy atom. The monoisotopic (exact) mass is 413 g/mol. The molecule has 0 bridgehead atoms. The summed E-state index contributed by atoms with van der Waals surface area (Å²) >= 11 is 0. The standard InChI is InChI=1S/C22H31N5O3/c1-14(2)26(15(3)4)12-13-27-17-19(24(5)22(30)25(6)21(17)29)23-20(27)18(28)16-10-8-7-9-11-16/h7-11,14-15,18,28H,12-13H2,1-6H3. The van der Waals surface area contributed by atoms with Crippen LogP contribution in [0, 0.1) is 0 Å². The maximum Gasteiger partial charge on any atom is 0.332 e. The van der Waals surface area contributed by atoms with Crippen molar-refractivity contribution < 1.29 is 5.11 Å². The van der Waals surface area contributed by atoms with Crippen LogP contribution in [0.2, 0.25) is 0 Å². The first-order valence-electron chi connectivity index (χ1n) is 10.3. The average molecular weight is 414 g/mol. The molecule has 0 aliphatic carbocycles. The van der Waals surface area contributed by atoms with Gasteiger partial charge in [0.15, 0.2) is 11.2 Å². The molecular formula is C22H31N5O3. The number of aryl methyl sites for hydroxylation is 1. The predicted molar refractivity (Wildman–Crippen MR) is 118 cm³/mol. The number of aliphatic hydroxyl groups is 1. The van der Waals surface area contributed by atoms with Crippen LogP contribution in [0.4, 0.5) is 0 Å². The summed E-state index contributed by atoms with van der Waals surface area (Å²) in [5, 5.41) is 11.1. The van der Waals surface area contributed by atoms with E-state index < -0.39 is 17.4 Å². The van der Waals surface area contributed by atoms with E-state index in [0.29, 0.717) is 42.1 Å². The van der Waals surface area contributed by atoms with E-state index in [9.17, 15) is 14.7 Å². The summed E-state index contributed by atoms with van der Waals surface area (Å²) in [6.45, 7) is 9.69. The zero-order chi connectivity index (χ0) is 22.2. The van der Waals surface area contributed by atoms with Gasteiger partial charge in [-0.05, 0) is 33.3 Å². The highest BCUT2D eigenvalue weighted by Crippen LogP contribution is 2.24. The van der Waals surface area contributed by atoms with E-state index in [-0.39, 0.29) is 5.65 Å². The van der Waals surface area contributed by atoms with Crippen molar-refractivity contribution in [1.29, 1.82) is 0 Å². The van der Waals surface area contributed by atoms with E-state index in [4.69, 9.17) is 0 Å². The number of hydrogen-bond acceptors (Lipinski definition) is 5. The molecule has 1 aromatic carbocycles. The highest BCUT2D eigenvalue weighted by molar-refractivity contribution is 5.71. The van der Waals surface area contributed by atoms with Gasteiger partial charge in [0.2, 0.25) is 0 Å². The highest BCUT2D eigenvalue weighted by Gasteiger charge is 2.25. The molecule has 3 rings (SSSR count). The number of aliphatic hydroxyl groups excluding tert-OH is 1. The van der Waals surface area contributed by atoms with Crippen molar-refractivity contribution in [2.45, 2.75) is 52.4 Å². The van der Waals surface area contributed by atoms with E-state index in [0.717, 1.165) is 4.57 Å². The number of hydrogen-bond donors (Lipinski definition) is 1. The summed E-state index contributed by atoms with van der Waals surface area (Å²) in [5.41, 5.74) is 0.447. The van der Waals surface area contributed by atoms with Crippen molar-refractivity contribution in [2.75, 3.05) is 6.54 Å². The zero-order valence-electron chi connectivity index (χ0n) is 18.5. The van der Waals surface area contributed by atoms with Crippen molar-refractivity contribution in [3.63, 3.8) is 0 Å². The second kappa shape index (κ2) is 8.57. The highest BCUT2D eigenvalue weighted by atomic mass is 16.3. The number of benzene rings is 1. The van der Waals surface area contributed by atoms with Gasteiger partial charge in [0.05, 0.1) is 0 Å². The maximum atomic E-state index is 13.0. The van der Waals surface area contributed by atoms with Gasteiger partial charge in [0.25, 0.3) is 5.56 Å². The SMILES string of the molecule is CC(C)N(CCn1c(C(O)c2ccccc2)nc2c1c(=O)n(C)c(=O)n2C)C(C)C. The van der Waals surface area contributed by atoms with Crippen LogP contribution in [0.1, 0.15) is 45.2 Å². The van der Waals surface area contributed by atoms with E-state index >= 15 is 0 Å². The van der Waals surface area contributed by atoms with E-state index in [1.54, 1.807) is 11.6 Å². The largest absolute Gasteiger partial charge is 0.380 e. The van der Waals surface area contributed by atoms with Gasteiger partial charge < -0.3 is 9.67 Å². The molecule has 3 aromatic rings. The molecule has 0 amide bonds. The van der Waals surface area contributed by atoms with E-state index in [1.807, 2.05) is 30.3 Å². The van der Waals surface area contributed by atoms with Gasteiger partial charge >= 0.3 is 5.69 Å². The minimum Gasteiger partial charge on any atom is -0.380 e. The fraction of sp³-hybridized carbons (Fsp3) is 0.500. The summed E-state index contributed by atoms with van der Waals surface area (Å²) < 4.78 is 4.21. The molecule has 0 saturated heterocycles. The number of fused-ring (bicyclic) bond motifs is 1. The minimum absolute atomic E-state index is 0.286. The minimum atomic E-state index is -1.01. The summed E-state index contributed by atoms with van der Waals surface area (Å²) in [4.78, 5) is 32.3. The number of imidazole rings is 1. The third kappa shape index (κ3) is 3.85. The Hall–Kier alpha value is -2.71. The Labute approximate surface area is 176 Å². The first-order valence-corrected chi connectivity index (χ1v) is 10.3. The fourth-order valence-electron chi connectivity index (χ4n) is 4.01. The van der Waals surface area contributed by atoms with E-state index in [2.05, 4.69) is 37.6 Å². The molecular weight excluding hydrogens is 382 g/mol. The molecule has 0 saturated carbocycles. The van der Waals surface area contributed by atoms with Gasteiger partial charge in [-0.25, -0.2) is 9.78 Å². The average Bonchev–Trinajstić information content (AvgIpc) is 3.10. The smallest absolute Gasteiger partial charge is 0.332 e. The lowest BCUT2D eigenvalue weighted by Crippen LogP contribution is -2.40. The number of aromatic nitrogens is 4. The molecule has 0 aliphatic rings. The molecule has 1 N–H and O–H groups in total. The lowest BCUT2D eigenvalue weighted by Gasteiger charge is -2.31. The topological polar surface area (TPSA) is 85.3 Å². The van der Waals surface area contributed by atoms with Crippen molar-refractivity contribution in [1.82, 2.24) is 23.6 Å². The molecule has 0 fully saturated rings. The van der Waals surface area contributed by atoms with Crippen LogP contribution in [0.25, 0.3) is 11.2 Å². The first kappa shape index (κ1) is 22.0. The van der Waals surface area contributed by atoms with Crippen molar-refractivity contribution in [3.05, 3.63) is 62.6 Å². The third-order valence-electron chi connectivity index (χ3n) is 5.65. The molecule has 30 heavy (non-hydrogen) atoms. The quantitative estimate of drug-likeness (QED) is 0.636. The van der Waals surface area contributed by atoms with Crippen LogP contribution < -0.4 is 11.2 Å². The van der Waals surface area contributed by atoms with Crippen LogP contribution in [0.3, 0.4) is 0 Å². The lowest BCUT2D eigenvalue weighted by atomic mass is 10.1. The van der Waals surface area contributed by atoms with Crippen LogP contribution in [-0.2, 0) is 20.6 Å². The summed E-state index contributed by atoms with van der Waals surface area (Å²) in [6.07, 6.45) is -1.01. The van der Waals surface area contributed by atoms with Crippen LogP contribution in [-0.4, -0.2) is 47.3 Å². The molecule has 2 aromatic heterocycles. The molecule has 1 atom stereocenters. The fourth-order valence-corrected chi connectivity index (χ4v) is 4.01. The molecule has 162 valence electrons. The first-order chi connectivity index (χ1) is 14.1. The molecule has 8 heteroatoms. The lowest BCUT2D eigenvalue weighted by molar-refractivity contribution is 0.163. The molecule has 0 radical (unpaired) electrons. The van der Waals surface area contributed by atoms with E-state index in [1.165, 1.54) is 11.6 Å².